The summed E-state index contributed by atoms with van der Waals surface area (Å²) in [6, 6.07) is 2.19. The van der Waals surface area contributed by atoms with Crippen molar-refractivity contribution in [1.29, 1.82) is 0 Å². The Hall–Kier alpha value is -1.63. The number of allylic oxidation sites excluding steroid dienone is 1. The Kier molecular flexibility index (Phi) is 4.90. The Morgan fingerprint density at radius 1 is 1.31 bits per heavy atom. The zero-order valence-electron chi connectivity index (χ0n) is 15.4. The van der Waals surface area contributed by atoms with Gasteiger partial charge in [-0.25, -0.2) is 9.97 Å². The predicted octanol–water partition coefficient (Wildman–Crippen LogP) is 5.09. The van der Waals surface area contributed by atoms with Gasteiger partial charge in [0.15, 0.2) is 0 Å². The number of pyridine rings is 1. The van der Waals surface area contributed by atoms with Gasteiger partial charge in [0.1, 0.15) is 5.65 Å². The van der Waals surface area contributed by atoms with Crippen molar-refractivity contribution in [2.45, 2.75) is 32.6 Å². The van der Waals surface area contributed by atoms with Crippen molar-refractivity contribution in [1.82, 2.24) is 18.8 Å². The van der Waals surface area contributed by atoms with Gasteiger partial charge in [-0.1, -0.05) is 24.5 Å². The van der Waals surface area contributed by atoms with Crippen LogP contribution in [0, 0.1) is 0 Å². The van der Waals surface area contributed by atoms with Crippen LogP contribution in [0.25, 0.3) is 28.4 Å². The molecule has 4 heterocycles. The molecule has 26 heavy (non-hydrogen) atoms. The van der Waals surface area contributed by atoms with E-state index in [1.807, 2.05) is 12.4 Å². The quantitative estimate of drug-likeness (QED) is 0.639. The largest absolute Gasteiger partial charge is 0.306 e. The molecule has 0 radical (unpaired) electrons. The van der Waals surface area contributed by atoms with Crippen LogP contribution in [-0.4, -0.2) is 39.0 Å². The maximum atomic E-state index is 4.99. The standard InChI is InChI=1S/C20H24N4S2/c1-13(2)8-14-9-16-17(11-24(25)19(16)21-10-14)18-12-26-20(22-18)15-4-6-23(3)7-5-15/h8-12,15,25H,4-7H2,1-3H3. The SMILES string of the molecule is CC(C)=Cc1cnc2c(c1)c(-c1csc(C3CCN(C)CC3)n1)cn2S. The van der Waals surface area contributed by atoms with E-state index in [9.17, 15) is 0 Å². The number of hydrogen-bond acceptors (Lipinski definition) is 5. The first kappa shape index (κ1) is 17.8. The van der Waals surface area contributed by atoms with Gasteiger partial charge in [0.2, 0.25) is 0 Å². The molecule has 6 heteroatoms. The topological polar surface area (TPSA) is 34.0 Å². The van der Waals surface area contributed by atoms with E-state index in [4.69, 9.17) is 4.98 Å². The molecule has 0 bridgehead atoms. The first-order valence-corrected chi connectivity index (χ1v) is 10.3. The summed E-state index contributed by atoms with van der Waals surface area (Å²) in [6.45, 7) is 6.52. The van der Waals surface area contributed by atoms with Gasteiger partial charge in [-0.2, -0.15) is 0 Å². The van der Waals surface area contributed by atoms with Gasteiger partial charge in [-0.3, -0.25) is 3.97 Å². The summed E-state index contributed by atoms with van der Waals surface area (Å²) in [5.41, 5.74) is 5.41. The first-order chi connectivity index (χ1) is 12.5. The summed E-state index contributed by atoms with van der Waals surface area (Å²) in [7, 11) is 2.20. The lowest BCUT2D eigenvalue weighted by atomic mass is 9.98. The lowest BCUT2D eigenvalue weighted by molar-refractivity contribution is 0.255. The highest BCUT2D eigenvalue weighted by molar-refractivity contribution is 7.78. The van der Waals surface area contributed by atoms with E-state index >= 15 is 0 Å². The Morgan fingerprint density at radius 3 is 2.81 bits per heavy atom. The minimum Gasteiger partial charge on any atom is -0.306 e. The fourth-order valence-corrected chi connectivity index (χ4v) is 4.84. The normalized spacial score (nSPS) is 16.3. The number of hydrogen-bond donors (Lipinski definition) is 1. The van der Waals surface area contributed by atoms with E-state index < -0.39 is 0 Å². The highest BCUT2D eigenvalue weighted by Crippen LogP contribution is 2.36. The van der Waals surface area contributed by atoms with E-state index in [1.54, 1.807) is 15.3 Å². The van der Waals surface area contributed by atoms with Crippen molar-refractivity contribution in [2.24, 2.45) is 0 Å². The summed E-state index contributed by atoms with van der Waals surface area (Å²) >= 11 is 6.34. The van der Waals surface area contributed by atoms with Crippen LogP contribution < -0.4 is 0 Å². The lowest BCUT2D eigenvalue weighted by Crippen LogP contribution is -2.29. The number of nitrogens with zero attached hydrogens (tertiary/aromatic N) is 4. The van der Waals surface area contributed by atoms with Crippen molar-refractivity contribution < 1.29 is 0 Å². The molecule has 1 aliphatic heterocycles. The zero-order chi connectivity index (χ0) is 18.3. The van der Waals surface area contributed by atoms with Crippen LogP contribution in [0.15, 0.2) is 29.4 Å². The fourth-order valence-electron chi connectivity index (χ4n) is 3.58. The molecule has 0 unspecified atom stereocenters. The monoisotopic (exact) mass is 384 g/mol. The molecule has 0 amide bonds. The van der Waals surface area contributed by atoms with Crippen molar-refractivity contribution in [3.8, 4) is 11.3 Å². The number of fused-ring (bicyclic) bond motifs is 1. The van der Waals surface area contributed by atoms with Crippen LogP contribution in [0.2, 0.25) is 0 Å². The number of aromatic nitrogens is 3. The van der Waals surface area contributed by atoms with Crippen LogP contribution in [0.1, 0.15) is 43.2 Å². The fraction of sp³-hybridized carbons (Fsp3) is 0.400. The van der Waals surface area contributed by atoms with Gasteiger partial charge in [-0.05, 0) is 58.5 Å². The van der Waals surface area contributed by atoms with E-state index in [-0.39, 0.29) is 0 Å². The highest BCUT2D eigenvalue weighted by Gasteiger charge is 2.22. The third-order valence-electron chi connectivity index (χ3n) is 4.97. The second-order valence-electron chi connectivity index (χ2n) is 7.40. The Morgan fingerprint density at radius 2 is 2.08 bits per heavy atom. The molecule has 0 spiro atoms. The highest BCUT2D eigenvalue weighted by atomic mass is 32.1. The van der Waals surface area contributed by atoms with E-state index in [0.29, 0.717) is 5.92 Å². The number of piperidine rings is 1. The molecule has 136 valence electrons. The van der Waals surface area contributed by atoms with Crippen LogP contribution in [-0.2, 0) is 0 Å². The molecule has 4 rings (SSSR count). The third kappa shape index (κ3) is 3.46. The molecule has 3 aromatic heterocycles. The average Bonchev–Trinajstić information content (AvgIpc) is 3.20. The minimum absolute atomic E-state index is 0.591. The second-order valence-corrected chi connectivity index (χ2v) is 8.72. The summed E-state index contributed by atoms with van der Waals surface area (Å²) in [4.78, 5) is 12.0. The number of likely N-dealkylation sites (tertiary alicyclic amines) is 1. The van der Waals surface area contributed by atoms with E-state index in [1.165, 1.54) is 23.4 Å². The van der Waals surface area contributed by atoms with Gasteiger partial charge in [-0.15, -0.1) is 11.3 Å². The maximum absolute atomic E-state index is 4.99. The zero-order valence-corrected chi connectivity index (χ0v) is 17.1. The van der Waals surface area contributed by atoms with Gasteiger partial charge in [0, 0.05) is 34.6 Å². The smallest absolute Gasteiger partial charge is 0.150 e. The van der Waals surface area contributed by atoms with Gasteiger partial charge >= 0.3 is 0 Å². The van der Waals surface area contributed by atoms with Gasteiger partial charge in [0.05, 0.1) is 10.7 Å². The molecule has 1 aliphatic rings. The number of thiol groups is 1. The minimum atomic E-state index is 0.591. The Bertz CT molecular complexity index is 958. The summed E-state index contributed by atoms with van der Waals surface area (Å²) < 4.78 is 1.80. The Balaban J connectivity index is 1.71. The molecule has 1 saturated heterocycles. The van der Waals surface area contributed by atoms with Crippen LogP contribution >= 0.6 is 24.2 Å². The molecule has 4 nitrogen and oxygen atoms in total. The van der Waals surface area contributed by atoms with Gasteiger partial charge < -0.3 is 4.90 Å². The molecular formula is C20H24N4S2. The lowest BCUT2D eigenvalue weighted by Gasteiger charge is -2.27. The second kappa shape index (κ2) is 7.18. The predicted molar refractivity (Wildman–Crippen MR) is 114 cm³/mol. The molecule has 0 aliphatic carbocycles. The van der Waals surface area contributed by atoms with Crippen molar-refractivity contribution in [2.75, 3.05) is 20.1 Å². The van der Waals surface area contributed by atoms with Crippen molar-refractivity contribution in [3.63, 3.8) is 0 Å². The molecule has 1 fully saturated rings. The third-order valence-corrected chi connectivity index (χ3v) is 6.28. The van der Waals surface area contributed by atoms with Gasteiger partial charge in [0.25, 0.3) is 0 Å². The molecule has 3 aromatic rings. The first-order valence-electron chi connectivity index (χ1n) is 9.01. The maximum Gasteiger partial charge on any atom is 0.150 e. The van der Waals surface area contributed by atoms with Crippen LogP contribution in [0.4, 0.5) is 0 Å². The molecule has 0 atom stereocenters. The van der Waals surface area contributed by atoms with E-state index in [2.05, 4.69) is 61.1 Å². The molecule has 0 aromatic carbocycles. The average molecular weight is 385 g/mol. The van der Waals surface area contributed by atoms with Crippen molar-refractivity contribution in [3.05, 3.63) is 40.0 Å². The summed E-state index contributed by atoms with van der Waals surface area (Å²) in [6.07, 6.45) is 8.47. The number of rotatable bonds is 3. The molecular weight excluding hydrogens is 360 g/mol. The van der Waals surface area contributed by atoms with E-state index in [0.717, 1.165) is 40.9 Å². The Labute approximate surface area is 164 Å². The summed E-state index contributed by atoms with van der Waals surface area (Å²) in [5, 5.41) is 4.56. The van der Waals surface area contributed by atoms with Crippen LogP contribution in [0.3, 0.4) is 0 Å². The summed E-state index contributed by atoms with van der Waals surface area (Å²) in [5.74, 6) is 0.591. The molecule has 0 saturated carbocycles. The molecule has 0 N–H and O–H groups in total. The van der Waals surface area contributed by atoms with Crippen molar-refractivity contribution >= 4 is 41.3 Å². The van der Waals surface area contributed by atoms with Crippen LogP contribution in [0.5, 0.6) is 0 Å². The number of thiazole rings is 1.